The van der Waals surface area contributed by atoms with Crippen LogP contribution in [-0.2, 0) is 0 Å². The molecule has 4 rings (SSSR count). The Hall–Kier alpha value is -4.52. The number of phenolic OH excluding ortho intramolecular Hbond substituents is 2. The summed E-state index contributed by atoms with van der Waals surface area (Å²) in [6.07, 6.45) is 7.26. The number of ether oxygens (including phenoxy) is 2. The first-order valence-electron chi connectivity index (χ1n) is 10.4. The molecule has 1 aromatic heterocycles. The molecule has 0 aliphatic rings. The molecule has 0 amide bonds. The van der Waals surface area contributed by atoms with Crippen molar-refractivity contribution in [3.8, 4) is 28.7 Å². The van der Waals surface area contributed by atoms with Gasteiger partial charge in [0.15, 0.2) is 23.0 Å². The third kappa shape index (κ3) is 4.94. The molecular formula is C27H23FN2O4. The lowest BCUT2D eigenvalue weighted by atomic mass is 10.1. The monoisotopic (exact) mass is 458 g/mol. The first kappa shape index (κ1) is 22.7. The highest BCUT2D eigenvalue weighted by Crippen LogP contribution is 2.28. The molecule has 0 saturated heterocycles. The molecule has 0 unspecified atom stereocenters. The maximum Gasteiger partial charge on any atom is 0.161 e. The molecule has 0 spiro atoms. The molecule has 0 aliphatic carbocycles. The number of methoxy groups -OCH3 is 2. The molecule has 0 aliphatic heterocycles. The molecule has 7 heteroatoms. The predicted octanol–water partition coefficient (Wildman–Crippen LogP) is 5.78. The van der Waals surface area contributed by atoms with E-state index in [1.807, 2.05) is 24.3 Å². The van der Waals surface area contributed by atoms with E-state index in [1.165, 1.54) is 25.0 Å². The zero-order valence-electron chi connectivity index (χ0n) is 18.6. The van der Waals surface area contributed by atoms with Crippen molar-refractivity contribution in [1.82, 2.24) is 9.78 Å². The summed E-state index contributed by atoms with van der Waals surface area (Å²) in [4.78, 5) is 0. The second-order valence-electron chi connectivity index (χ2n) is 7.39. The summed E-state index contributed by atoms with van der Waals surface area (Å²) in [6, 6.07) is 18.2. The zero-order valence-corrected chi connectivity index (χ0v) is 18.6. The van der Waals surface area contributed by atoms with Crippen molar-refractivity contribution in [1.29, 1.82) is 0 Å². The van der Waals surface area contributed by atoms with E-state index >= 15 is 0 Å². The minimum atomic E-state index is -0.398. The molecule has 2 N–H and O–H groups in total. The van der Waals surface area contributed by atoms with Gasteiger partial charge in [0, 0.05) is 0 Å². The Morgan fingerprint density at radius 3 is 1.94 bits per heavy atom. The highest BCUT2D eigenvalue weighted by molar-refractivity contribution is 5.74. The van der Waals surface area contributed by atoms with Crippen LogP contribution in [-0.4, -0.2) is 34.2 Å². The van der Waals surface area contributed by atoms with Gasteiger partial charge in [-0.05, 0) is 65.7 Å². The van der Waals surface area contributed by atoms with E-state index < -0.39 is 5.82 Å². The Bertz CT molecular complexity index is 1380. The van der Waals surface area contributed by atoms with Crippen molar-refractivity contribution in [2.75, 3.05) is 14.2 Å². The van der Waals surface area contributed by atoms with Gasteiger partial charge in [-0.3, -0.25) is 0 Å². The van der Waals surface area contributed by atoms with Crippen LogP contribution in [0.25, 0.3) is 30.0 Å². The van der Waals surface area contributed by atoms with Gasteiger partial charge in [0.1, 0.15) is 11.5 Å². The minimum Gasteiger partial charge on any atom is -0.504 e. The number of para-hydroxylation sites is 1. The number of aromatic nitrogens is 2. The minimum absolute atomic E-state index is 0.0503. The number of rotatable bonds is 7. The molecule has 3 aromatic carbocycles. The van der Waals surface area contributed by atoms with Gasteiger partial charge < -0.3 is 19.7 Å². The van der Waals surface area contributed by atoms with Crippen LogP contribution in [0.5, 0.6) is 23.0 Å². The third-order valence-electron chi connectivity index (χ3n) is 5.14. The van der Waals surface area contributed by atoms with E-state index in [-0.39, 0.29) is 11.5 Å². The van der Waals surface area contributed by atoms with E-state index in [0.717, 1.165) is 11.1 Å². The fraction of sp³-hybridized carbons (Fsp3) is 0.0741. The standard InChI is InChI=1S/C27H23FN2O4/c1-33-26-15-18(9-13-24(26)31)7-11-20-17-21(30(29-20)23-6-4-3-5-22(23)28)12-8-19-10-14-25(32)27(16-19)34-2/h3-17,31-32H,1-2H3/b11-7+,12-8+. The maximum absolute atomic E-state index is 14.6. The first-order valence-corrected chi connectivity index (χ1v) is 10.4. The van der Waals surface area contributed by atoms with Crippen molar-refractivity contribution < 1.29 is 24.1 Å². The van der Waals surface area contributed by atoms with Crippen LogP contribution in [0.1, 0.15) is 22.5 Å². The third-order valence-corrected chi connectivity index (χ3v) is 5.14. The molecule has 0 saturated carbocycles. The molecule has 0 fully saturated rings. The second kappa shape index (κ2) is 9.95. The number of aromatic hydroxyl groups is 2. The topological polar surface area (TPSA) is 76.7 Å². The number of halogens is 1. The summed E-state index contributed by atoms with van der Waals surface area (Å²) >= 11 is 0. The van der Waals surface area contributed by atoms with Gasteiger partial charge in [-0.15, -0.1) is 0 Å². The van der Waals surface area contributed by atoms with Crippen LogP contribution in [0.15, 0.2) is 66.7 Å². The van der Waals surface area contributed by atoms with Gasteiger partial charge in [0.05, 0.1) is 25.6 Å². The molecule has 6 nitrogen and oxygen atoms in total. The molecular weight excluding hydrogens is 435 g/mol. The van der Waals surface area contributed by atoms with Crippen molar-refractivity contribution in [3.05, 3.63) is 95.1 Å². The quantitative estimate of drug-likeness (QED) is 0.367. The van der Waals surface area contributed by atoms with Crippen LogP contribution in [0.3, 0.4) is 0 Å². The molecule has 0 atom stereocenters. The van der Waals surface area contributed by atoms with Crippen molar-refractivity contribution in [3.63, 3.8) is 0 Å². The van der Waals surface area contributed by atoms with E-state index in [2.05, 4.69) is 5.10 Å². The number of benzene rings is 3. The van der Waals surface area contributed by atoms with Crippen LogP contribution in [0.2, 0.25) is 0 Å². The van der Waals surface area contributed by atoms with E-state index in [1.54, 1.807) is 60.7 Å². The Morgan fingerprint density at radius 1 is 0.765 bits per heavy atom. The highest BCUT2D eigenvalue weighted by atomic mass is 19.1. The number of phenols is 2. The van der Waals surface area contributed by atoms with Crippen LogP contribution < -0.4 is 9.47 Å². The van der Waals surface area contributed by atoms with Gasteiger partial charge in [-0.2, -0.15) is 5.10 Å². The summed E-state index contributed by atoms with van der Waals surface area (Å²) in [5, 5.41) is 24.2. The normalized spacial score (nSPS) is 11.4. The van der Waals surface area contributed by atoms with Gasteiger partial charge in [0.25, 0.3) is 0 Å². The molecule has 1 heterocycles. The van der Waals surface area contributed by atoms with Gasteiger partial charge in [-0.1, -0.05) is 36.4 Å². The summed E-state index contributed by atoms with van der Waals surface area (Å²) in [5.41, 5.74) is 3.18. The maximum atomic E-state index is 14.6. The van der Waals surface area contributed by atoms with Crippen LogP contribution in [0.4, 0.5) is 4.39 Å². The van der Waals surface area contributed by atoms with Gasteiger partial charge in [0.2, 0.25) is 0 Å². The lowest BCUT2D eigenvalue weighted by Gasteiger charge is -2.06. The van der Waals surface area contributed by atoms with Crippen molar-refractivity contribution in [2.24, 2.45) is 0 Å². The van der Waals surface area contributed by atoms with Crippen LogP contribution >= 0.6 is 0 Å². The molecule has 172 valence electrons. The number of hydrogen-bond donors (Lipinski definition) is 2. The number of nitrogens with zero attached hydrogens (tertiary/aromatic N) is 2. The molecule has 0 radical (unpaired) electrons. The highest BCUT2D eigenvalue weighted by Gasteiger charge is 2.11. The van der Waals surface area contributed by atoms with E-state index in [4.69, 9.17) is 9.47 Å². The van der Waals surface area contributed by atoms with E-state index in [9.17, 15) is 14.6 Å². The smallest absolute Gasteiger partial charge is 0.161 e. The summed E-state index contributed by atoms with van der Waals surface area (Å²) in [5.74, 6) is 0.436. The summed E-state index contributed by atoms with van der Waals surface area (Å²) in [7, 11) is 2.97. The van der Waals surface area contributed by atoms with Gasteiger partial charge in [-0.25, -0.2) is 9.07 Å². The molecule has 0 bridgehead atoms. The molecule has 34 heavy (non-hydrogen) atoms. The Morgan fingerprint density at radius 2 is 1.35 bits per heavy atom. The second-order valence-corrected chi connectivity index (χ2v) is 7.39. The average Bonchev–Trinajstić information content (AvgIpc) is 3.26. The number of hydrogen-bond acceptors (Lipinski definition) is 5. The Labute approximate surface area is 196 Å². The fourth-order valence-electron chi connectivity index (χ4n) is 3.39. The zero-order chi connectivity index (χ0) is 24.1. The fourth-order valence-corrected chi connectivity index (χ4v) is 3.39. The lowest BCUT2D eigenvalue weighted by Crippen LogP contribution is -2.01. The Kier molecular flexibility index (Phi) is 6.64. The predicted molar refractivity (Wildman–Crippen MR) is 131 cm³/mol. The Balaban J connectivity index is 1.71. The van der Waals surface area contributed by atoms with Crippen molar-refractivity contribution in [2.45, 2.75) is 0 Å². The van der Waals surface area contributed by atoms with Crippen LogP contribution in [0, 0.1) is 5.82 Å². The largest absolute Gasteiger partial charge is 0.504 e. The average molecular weight is 458 g/mol. The van der Waals surface area contributed by atoms with Crippen molar-refractivity contribution >= 4 is 24.3 Å². The van der Waals surface area contributed by atoms with Gasteiger partial charge >= 0.3 is 0 Å². The van der Waals surface area contributed by atoms with E-state index in [0.29, 0.717) is 28.6 Å². The SMILES string of the molecule is COc1cc(/C=C/c2cc(/C=C/c3ccc(O)c(OC)c3)n(-c3ccccc3F)n2)ccc1O. The first-order chi connectivity index (χ1) is 16.5. The molecule has 4 aromatic rings. The summed E-state index contributed by atoms with van der Waals surface area (Å²) < 4.78 is 26.4. The lowest BCUT2D eigenvalue weighted by molar-refractivity contribution is 0.373. The summed E-state index contributed by atoms with van der Waals surface area (Å²) in [6.45, 7) is 0.